The highest BCUT2D eigenvalue weighted by atomic mass is 32.1. The molecule has 4 N–H and O–H groups in total. The van der Waals surface area contributed by atoms with Gasteiger partial charge in [-0.3, -0.25) is 14.4 Å². The highest BCUT2D eigenvalue weighted by Crippen LogP contribution is 2.38. The Kier molecular flexibility index (Phi) is 7.71. The number of carbonyl (C=O) groups excluding carboxylic acids is 4. The quantitative estimate of drug-likeness (QED) is 0.0974. The average molecular weight is 596 g/mol. The first kappa shape index (κ1) is 28.4. The molecule has 0 bridgehead atoms. The number of hydrogen-bond donors (Lipinski definition) is 3. The molecule has 16 heteroatoms. The van der Waals surface area contributed by atoms with E-state index < -0.39 is 48.2 Å². The molecule has 42 heavy (non-hydrogen) atoms. The minimum atomic E-state index is -1.58. The third-order valence-corrected chi connectivity index (χ3v) is 7.66. The highest BCUT2D eigenvalue weighted by Gasteiger charge is 2.52. The fraction of sp³-hybridized carbons (Fsp3) is 0.308. The van der Waals surface area contributed by atoms with Crippen LogP contribution in [0, 0.1) is 0 Å². The Hall–Kier alpha value is -5.12. The summed E-state index contributed by atoms with van der Waals surface area (Å²) in [5, 5.41) is 28.6. The van der Waals surface area contributed by atoms with Crippen LogP contribution in [0.3, 0.4) is 0 Å². The number of nitrogen functional groups attached to an aromatic ring is 1. The molecular formula is C26H25N7O8S. The number of carboxylic acid groups (broad SMARTS) is 2. The number of aryl methyl sites for hydroxylation is 1. The van der Waals surface area contributed by atoms with Gasteiger partial charge in [0, 0.05) is 23.6 Å². The lowest BCUT2D eigenvalue weighted by atomic mass is 9.82. The molecule has 0 radical (unpaired) electrons. The van der Waals surface area contributed by atoms with Crippen molar-refractivity contribution in [1.82, 2.24) is 15.2 Å². The number of nitrogens with one attached hydrogen (secondary N) is 1. The molecule has 2 saturated heterocycles. The number of carboxylic acids is 2. The maximum Gasteiger partial charge on any atom is 0.344 e. The number of nitrogens with zero attached hydrogens (tertiary/aromatic N) is 5. The number of carbonyl (C=O) groups is 5. The lowest BCUT2D eigenvalue weighted by Gasteiger charge is -2.51. The SMILES string of the molecule is C[n+]1cccc(N2CCC(=CC3=C(C(=O)[O-])N4C(=O)[C@@H](NC(=O)C(=NOCC(=O)O)c5csc(N)n5)[C@H]4CC3)C2=O)c1. The Bertz CT molecular complexity index is 1600. The van der Waals surface area contributed by atoms with Crippen molar-refractivity contribution in [3.63, 3.8) is 0 Å². The van der Waals surface area contributed by atoms with E-state index in [1.165, 1.54) is 11.5 Å². The number of oxime groups is 1. The van der Waals surface area contributed by atoms with Crippen molar-refractivity contribution in [3.05, 3.63) is 58.5 Å². The fourth-order valence-corrected chi connectivity index (χ4v) is 5.67. The summed E-state index contributed by atoms with van der Waals surface area (Å²) in [7, 11) is 1.84. The second-order valence-electron chi connectivity index (χ2n) is 9.71. The molecular weight excluding hydrogens is 570 g/mol. The van der Waals surface area contributed by atoms with Crippen molar-refractivity contribution in [2.24, 2.45) is 12.2 Å². The van der Waals surface area contributed by atoms with Gasteiger partial charge in [0.15, 0.2) is 23.2 Å². The molecule has 2 atom stereocenters. The van der Waals surface area contributed by atoms with Gasteiger partial charge in [-0.25, -0.2) is 14.3 Å². The smallest absolute Gasteiger partial charge is 0.344 e. The zero-order valence-electron chi connectivity index (χ0n) is 22.2. The van der Waals surface area contributed by atoms with Gasteiger partial charge in [-0.15, -0.1) is 11.3 Å². The van der Waals surface area contributed by atoms with Crippen molar-refractivity contribution in [2.75, 3.05) is 23.8 Å². The zero-order valence-corrected chi connectivity index (χ0v) is 23.0. The molecule has 3 aliphatic heterocycles. The summed E-state index contributed by atoms with van der Waals surface area (Å²) in [6.45, 7) is -0.399. The van der Waals surface area contributed by atoms with Gasteiger partial charge in [-0.2, -0.15) is 0 Å². The summed E-state index contributed by atoms with van der Waals surface area (Å²) in [5.74, 6) is -4.74. The Balaban J connectivity index is 1.34. The van der Waals surface area contributed by atoms with Crippen LogP contribution in [0.1, 0.15) is 25.0 Å². The molecule has 0 unspecified atom stereocenters. The first-order valence-corrected chi connectivity index (χ1v) is 13.6. The van der Waals surface area contributed by atoms with Crippen molar-refractivity contribution in [3.8, 4) is 0 Å². The van der Waals surface area contributed by atoms with E-state index in [0.29, 0.717) is 30.6 Å². The van der Waals surface area contributed by atoms with Crippen LogP contribution in [0.15, 0.2) is 58.0 Å². The number of thiazole rings is 1. The van der Waals surface area contributed by atoms with Gasteiger partial charge >= 0.3 is 5.97 Å². The second-order valence-corrected chi connectivity index (χ2v) is 10.6. The largest absolute Gasteiger partial charge is 0.543 e. The number of amides is 3. The van der Waals surface area contributed by atoms with Crippen molar-refractivity contribution < 1.29 is 43.6 Å². The third-order valence-electron chi connectivity index (χ3n) is 6.99. The van der Waals surface area contributed by atoms with Crippen LogP contribution >= 0.6 is 11.3 Å². The molecule has 3 amide bonds. The Morgan fingerprint density at radius 3 is 2.81 bits per heavy atom. The highest BCUT2D eigenvalue weighted by molar-refractivity contribution is 7.13. The number of rotatable bonds is 9. The minimum absolute atomic E-state index is 0.0106. The summed E-state index contributed by atoms with van der Waals surface area (Å²) in [6.07, 6.45) is 6.07. The number of aromatic nitrogens is 2. The molecule has 3 aliphatic rings. The molecule has 2 aromatic heterocycles. The van der Waals surface area contributed by atoms with Gasteiger partial charge < -0.3 is 40.7 Å². The summed E-state index contributed by atoms with van der Waals surface area (Å²) in [5.41, 5.74) is 6.31. The number of β-lactam (4-membered cyclic amide) rings is 1. The van der Waals surface area contributed by atoms with Gasteiger partial charge in [0.2, 0.25) is 6.61 Å². The van der Waals surface area contributed by atoms with E-state index in [2.05, 4.69) is 15.5 Å². The standard InChI is InChI=1S/C26H25N7O8S/c1-31-7-2-3-15(10-31)32-8-6-14(23(32)37)9-13-4-5-17-20(24(38)33(17)21(13)25(39)40)29-22(36)19(30-41-11-18(34)35)16-12-42-26(27)28-16/h2-3,7,9-10,12,17,20H,4-6,8,11H2,1H3,(H4-,27,28,29,34,35,36,39,40)/t17-,20+/m1/s1. The molecule has 0 saturated carbocycles. The van der Waals surface area contributed by atoms with Crippen LogP contribution in [-0.2, 0) is 35.9 Å². The summed E-state index contributed by atoms with van der Waals surface area (Å²) < 4.78 is 1.82. The number of anilines is 2. The Morgan fingerprint density at radius 1 is 1.36 bits per heavy atom. The summed E-state index contributed by atoms with van der Waals surface area (Å²) >= 11 is 1.01. The molecule has 2 aromatic rings. The number of fused-ring (bicyclic) bond motifs is 1. The van der Waals surface area contributed by atoms with Gasteiger partial charge in [0.25, 0.3) is 17.7 Å². The van der Waals surface area contributed by atoms with Crippen LogP contribution in [0.4, 0.5) is 10.8 Å². The van der Waals surface area contributed by atoms with Crippen LogP contribution in [0.5, 0.6) is 0 Å². The minimum Gasteiger partial charge on any atom is -0.543 e. The van der Waals surface area contributed by atoms with E-state index in [0.717, 1.165) is 16.2 Å². The second kappa shape index (κ2) is 11.4. The molecule has 5 heterocycles. The average Bonchev–Trinajstić information content (AvgIpc) is 3.54. The molecule has 218 valence electrons. The first-order valence-electron chi connectivity index (χ1n) is 12.7. The normalized spacial score (nSPS) is 21.4. The maximum atomic E-state index is 13.1. The molecule has 0 spiro atoms. The van der Waals surface area contributed by atoms with Crippen molar-refractivity contribution >= 4 is 57.5 Å². The van der Waals surface area contributed by atoms with Crippen molar-refractivity contribution in [2.45, 2.75) is 31.3 Å². The predicted molar refractivity (Wildman–Crippen MR) is 143 cm³/mol. The lowest BCUT2D eigenvalue weighted by molar-refractivity contribution is -0.670. The maximum absolute atomic E-state index is 13.1. The van der Waals surface area contributed by atoms with Crippen LogP contribution < -0.4 is 25.6 Å². The van der Waals surface area contributed by atoms with E-state index in [4.69, 9.17) is 15.7 Å². The van der Waals surface area contributed by atoms with E-state index in [1.54, 1.807) is 4.90 Å². The molecule has 5 rings (SSSR count). The number of nitrogens with two attached hydrogens (primary N) is 1. The number of pyridine rings is 1. The monoisotopic (exact) mass is 595 g/mol. The van der Waals surface area contributed by atoms with Gasteiger partial charge in [0.1, 0.15) is 24.5 Å². The van der Waals surface area contributed by atoms with E-state index in [-0.39, 0.29) is 34.4 Å². The first-order chi connectivity index (χ1) is 20.0. The molecule has 15 nitrogen and oxygen atoms in total. The van der Waals surface area contributed by atoms with Gasteiger partial charge in [-0.1, -0.05) is 5.16 Å². The van der Waals surface area contributed by atoms with E-state index in [1.807, 2.05) is 36.1 Å². The van der Waals surface area contributed by atoms with E-state index in [9.17, 15) is 29.1 Å². The molecule has 0 aromatic carbocycles. The number of hydrogen-bond acceptors (Lipinski definition) is 11. The molecule has 0 aliphatic carbocycles. The Morgan fingerprint density at radius 2 is 2.14 bits per heavy atom. The topological polar surface area (TPSA) is 212 Å². The number of allylic oxidation sites excluding steroid dienone is 2. The van der Waals surface area contributed by atoms with E-state index >= 15 is 0 Å². The van der Waals surface area contributed by atoms with Gasteiger partial charge in [-0.05, 0) is 37.0 Å². The van der Waals surface area contributed by atoms with Crippen molar-refractivity contribution in [1.29, 1.82) is 0 Å². The molecule has 2 fully saturated rings. The van der Waals surface area contributed by atoms with Crippen LogP contribution in [0.25, 0.3) is 0 Å². The summed E-state index contributed by atoms with van der Waals surface area (Å²) in [4.78, 5) is 73.6. The van der Waals surface area contributed by atoms with Crippen LogP contribution in [-0.4, -0.2) is 75.6 Å². The predicted octanol–water partition coefficient (Wildman–Crippen LogP) is -1.79. The zero-order chi connectivity index (χ0) is 30.1. The number of aliphatic carboxylic acids is 2. The van der Waals surface area contributed by atoms with Gasteiger partial charge in [0.05, 0.1) is 17.7 Å². The lowest BCUT2D eigenvalue weighted by Crippen LogP contribution is -2.72. The summed E-state index contributed by atoms with van der Waals surface area (Å²) in [6, 6.07) is 1.84. The van der Waals surface area contributed by atoms with Crippen LogP contribution in [0.2, 0.25) is 0 Å². The Labute approximate surface area is 242 Å². The third kappa shape index (κ3) is 5.43. The fourth-order valence-electron chi connectivity index (χ4n) is 5.12.